The molecule has 1 aliphatic rings. The van der Waals surface area contributed by atoms with Crippen LogP contribution >= 0.6 is 0 Å². The van der Waals surface area contributed by atoms with E-state index in [1.54, 1.807) is 0 Å². The van der Waals surface area contributed by atoms with Gasteiger partial charge >= 0.3 is 0 Å². The molecule has 4 heteroatoms. The zero-order valence-corrected chi connectivity index (χ0v) is 8.42. The van der Waals surface area contributed by atoms with Gasteiger partial charge in [0.25, 0.3) is 0 Å². The Bertz CT molecular complexity index is 174. The highest BCUT2D eigenvalue weighted by atomic mass is 16.5. The average molecular weight is 185 g/mol. The minimum absolute atomic E-state index is 0.300. The molecule has 0 spiro atoms. The molecule has 0 aromatic heterocycles. The molecule has 76 valence electrons. The first kappa shape index (κ1) is 10.5. The number of ether oxygens (including phenoxy) is 1. The normalized spacial score (nSPS) is 20.8. The third kappa shape index (κ3) is 3.32. The average Bonchev–Trinajstić information content (AvgIpc) is 2.15. The summed E-state index contributed by atoms with van der Waals surface area (Å²) in [6, 6.07) is 0.300. The van der Waals surface area contributed by atoms with Gasteiger partial charge in [-0.3, -0.25) is 4.99 Å². The molecule has 0 atom stereocenters. The van der Waals surface area contributed by atoms with Gasteiger partial charge in [0, 0.05) is 25.2 Å². The van der Waals surface area contributed by atoms with E-state index in [2.05, 4.69) is 24.3 Å². The molecule has 0 aromatic rings. The highest BCUT2D eigenvalue weighted by Crippen LogP contribution is 2.15. The zero-order valence-electron chi connectivity index (χ0n) is 8.42. The second kappa shape index (κ2) is 5.19. The van der Waals surface area contributed by atoms with E-state index in [-0.39, 0.29) is 0 Å². The van der Waals surface area contributed by atoms with Crippen molar-refractivity contribution in [3.05, 3.63) is 0 Å². The maximum atomic E-state index is 5.43. The fraction of sp³-hybridized carbons (Fsp3) is 0.889. The first-order valence-electron chi connectivity index (χ1n) is 4.86. The predicted molar refractivity (Wildman–Crippen MR) is 53.4 cm³/mol. The van der Waals surface area contributed by atoms with Gasteiger partial charge in [-0.25, -0.2) is 5.84 Å². The fourth-order valence-corrected chi connectivity index (χ4v) is 1.51. The summed E-state index contributed by atoms with van der Waals surface area (Å²) >= 11 is 0. The molecule has 1 heterocycles. The number of aliphatic imine (C=N–C) groups is 1. The number of nitrogens with two attached hydrogens (primary N) is 1. The maximum Gasteiger partial charge on any atom is 0.114 e. The number of amidine groups is 1. The van der Waals surface area contributed by atoms with Gasteiger partial charge in [0.2, 0.25) is 0 Å². The van der Waals surface area contributed by atoms with Crippen molar-refractivity contribution in [1.82, 2.24) is 5.43 Å². The van der Waals surface area contributed by atoms with Crippen molar-refractivity contribution in [1.29, 1.82) is 0 Å². The number of hydrazine groups is 1. The van der Waals surface area contributed by atoms with Crippen LogP contribution in [0.5, 0.6) is 0 Å². The van der Waals surface area contributed by atoms with Crippen LogP contribution in [0.2, 0.25) is 0 Å². The Balaban J connectivity index is 2.53. The predicted octanol–water partition coefficient (Wildman–Crippen LogP) is 0.683. The summed E-state index contributed by atoms with van der Waals surface area (Å²) < 4.78 is 5.28. The van der Waals surface area contributed by atoms with E-state index in [0.717, 1.165) is 31.9 Å². The minimum Gasteiger partial charge on any atom is -0.381 e. The summed E-state index contributed by atoms with van der Waals surface area (Å²) in [7, 11) is 0. The van der Waals surface area contributed by atoms with Crippen molar-refractivity contribution < 1.29 is 4.74 Å². The highest BCUT2D eigenvalue weighted by Gasteiger charge is 2.18. The molecule has 0 bridgehead atoms. The lowest BCUT2D eigenvalue weighted by Crippen LogP contribution is -2.39. The standard InChI is InChI=1S/C9H19N3O/c1-7(2)11-9(12-10)8-3-5-13-6-4-8/h7-8H,3-6,10H2,1-2H3,(H,11,12). The molecule has 1 saturated heterocycles. The molecule has 13 heavy (non-hydrogen) atoms. The van der Waals surface area contributed by atoms with Crippen LogP contribution in [0.4, 0.5) is 0 Å². The molecule has 1 aliphatic heterocycles. The Labute approximate surface area is 79.5 Å². The molecule has 0 unspecified atom stereocenters. The molecule has 0 amide bonds. The Morgan fingerprint density at radius 1 is 1.46 bits per heavy atom. The molecule has 1 fully saturated rings. The lowest BCUT2D eigenvalue weighted by molar-refractivity contribution is 0.0819. The quantitative estimate of drug-likeness (QED) is 0.288. The third-order valence-corrected chi connectivity index (χ3v) is 2.15. The van der Waals surface area contributed by atoms with Crippen LogP contribution in [0, 0.1) is 5.92 Å². The van der Waals surface area contributed by atoms with Crippen molar-refractivity contribution in [2.45, 2.75) is 32.7 Å². The highest BCUT2D eigenvalue weighted by molar-refractivity contribution is 5.84. The van der Waals surface area contributed by atoms with E-state index in [1.807, 2.05) is 0 Å². The molecular formula is C9H19N3O. The van der Waals surface area contributed by atoms with Gasteiger partial charge in [0.05, 0.1) is 0 Å². The van der Waals surface area contributed by atoms with Gasteiger partial charge in [-0.2, -0.15) is 0 Å². The van der Waals surface area contributed by atoms with E-state index >= 15 is 0 Å². The molecule has 0 aromatic carbocycles. The zero-order chi connectivity index (χ0) is 9.68. The summed E-state index contributed by atoms with van der Waals surface area (Å²) in [4.78, 5) is 4.44. The minimum atomic E-state index is 0.300. The second-order valence-electron chi connectivity index (χ2n) is 3.64. The summed E-state index contributed by atoms with van der Waals surface area (Å²) in [6.07, 6.45) is 2.05. The maximum absolute atomic E-state index is 5.43. The van der Waals surface area contributed by atoms with Gasteiger partial charge in [-0.15, -0.1) is 0 Å². The lowest BCUT2D eigenvalue weighted by Gasteiger charge is -2.23. The number of nitrogens with one attached hydrogen (secondary N) is 1. The van der Waals surface area contributed by atoms with Gasteiger partial charge in [-0.1, -0.05) is 0 Å². The summed E-state index contributed by atoms with van der Waals surface area (Å²) in [6.45, 7) is 5.75. The van der Waals surface area contributed by atoms with E-state index < -0.39 is 0 Å². The van der Waals surface area contributed by atoms with E-state index in [1.165, 1.54) is 0 Å². The first-order valence-corrected chi connectivity index (χ1v) is 4.86. The number of hydrogen-bond acceptors (Lipinski definition) is 3. The Morgan fingerprint density at radius 3 is 2.54 bits per heavy atom. The molecule has 0 saturated carbocycles. The third-order valence-electron chi connectivity index (χ3n) is 2.15. The van der Waals surface area contributed by atoms with Crippen LogP contribution in [0.15, 0.2) is 4.99 Å². The smallest absolute Gasteiger partial charge is 0.114 e. The van der Waals surface area contributed by atoms with E-state index in [9.17, 15) is 0 Å². The van der Waals surface area contributed by atoms with Gasteiger partial charge in [0.1, 0.15) is 5.84 Å². The van der Waals surface area contributed by atoms with Crippen molar-refractivity contribution in [2.24, 2.45) is 16.8 Å². The Kier molecular flexibility index (Phi) is 4.18. The van der Waals surface area contributed by atoms with Crippen LogP contribution in [0.1, 0.15) is 26.7 Å². The Hall–Kier alpha value is -0.610. The molecule has 4 nitrogen and oxygen atoms in total. The first-order chi connectivity index (χ1) is 6.24. The largest absolute Gasteiger partial charge is 0.381 e. The van der Waals surface area contributed by atoms with Crippen LogP contribution in [-0.4, -0.2) is 25.1 Å². The van der Waals surface area contributed by atoms with Crippen LogP contribution in [0.25, 0.3) is 0 Å². The van der Waals surface area contributed by atoms with E-state index in [4.69, 9.17) is 10.6 Å². The Morgan fingerprint density at radius 2 is 2.08 bits per heavy atom. The van der Waals surface area contributed by atoms with Crippen molar-refractivity contribution in [3.63, 3.8) is 0 Å². The summed E-state index contributed by atoms with van der Waals surface area (Å²) in [5.74, 6) is 6.82. The monoisotopic (exact) mass is 185 g/mol. The summed E-state index contributed by atoms with van der Waals surface area (Å²) in [5.41, 5.74) is 2.70. The van der Waals surface area contributed by atoms with Gasteiger partial charge < -0.3 is 10.2 Å². The topological polar surface area (TPSA) is 59.6 Å². The fourth-order valence-electron chi connectivity index (χ4n) is 1.51. The SMILES string of the molecule is CC(C)N=C(NN)C1CCOCC1. The summed E-state index contributed by atoms with van der Waals surface area (Å²) in [5, 5.41) is 0. The van der Waals surface area contributed by atoms with Gasteiger partial charge in [-0.05, 0) is 26.7 Å². The van der Waals surface area contributed by atoms with Crippen molar-refractivity contribution >= 4 is 5.84 Å². The van der Waals surface area contributed by atoms with Crippen LogP contribution < -0.4 is 11.3 Å². The lowest BCUT2D eigenvalue weighted by atomic mass is 9.99. The molecule has 3 N–H and O–H groups in total. The van der Waals surface area contributed by atoms with E-state index in [0.29, 0.717) is 12.0 Å². The molecule has 0 radical (unpaired) electrons. The van der Waals surface area contributed by atoms with Crippen LogP contribution in [0.3, 0.4) is 0 Å². The molecule has 0 aliphatic carbocycles. The number of rotatable bonds is 2. The number of hydrogen-bond donors (Lipinski definition) is 2. The van der Waals surface area contributed by atoms with Crippen LogP contribution in [-0.2, 0) is 4.74 Å². The molecular weight excluding hydrogens is 166 g/mol. The van der Waals surface area contributed by atoms with Crippen molar-refractivity contribution in [2.75, 3.05) is 13.2 Å². The number of nitrogens with zero attached hydrogens (tertiary/aromatic N) is 1. The molecule has 1 rings (SSSR count). The second-order valence-corrected chi connectivity index (χ2v) is 3.64. The van der Waals surface area contributed by atoms with Gasteiger partial charge in [0.15, 0.2) is 0 Å². The van der Waals surface area contributed by atoms with Crippen molar-refractivity contribution in [3.8, 4) is 0 Å².